The third-order valence-corrected chi connectivity index (χ3v) is 3.30. The molecule has 1 aliphatic rings. The van der Waals surface area contributed by atoms with E-state index < -0.39 is 0 Å². The summed E-state index contributed by atoms with van der Waals surface area (Å²) in [7, 11) is 0. The molecule has 0 spiro atoms. The monoisotopic (exact) mass is 251 g/mol. The molecule has 1 saturated heterocycles. The van der Waals surface area contributed by atoms with Crippen LogP contribution in [0.15, 0.2) is 12.4 Å². The van der Waals surface area contributed by atoms with Crippen LogP contribution in [-0.2, 0) is 11.3 Å². The van der Waals surface area contributed by atoms with Crippen molar-refractivity contribution in [2.24, 2.45) is 0 Å². The number of hydrogen-bond donors (Lipinski definition) is 2. The molecule has 1 atom stereocenters. The van der Waals surface area contributed by atoms with Gasteiger partial charge in [0.1, 0.15) is 0 Å². The van der Waals surface area contributed by atoms with E-state index in [9.17, 15) is 4.79 Å². The average Bonchev–Trinajstić information content (AvgIpc) is 2.86. The number of piperazine rings is 1. The molecule has 1 aromatic heterocycles. The van der Waals surface area contributed by atoms with Crippen LogP contribution in [0.3, 0.4) is 0 Å². The first kappa shape index (κ1) is 13.0. The largest absolute Gasteiger partial charge is 0.322 e. The van der Waals surface area contributed by atoms with Gasteiger partial charge in [0.05, 0.1) is 17.9 Å². The van der Waals surface area contributed by atoms with E-state index in [0.29, 0.717) is 0 Å². The number of rotatable bonds is 4. The highest BCUT2D eigenvalue weighted by Gasteiger charge is 2.22. The van der Waals surface area contributed by atoms with Crippen LogP contribution in [0.4, 0.5) is 5.69 Å². The topological polar surface area (TPSA) is 62.2 Å². The van der Waals surface area contributed by atoms with Crippen LogP contribution in [0.2, 0.25) is 0 Å². The number of anilines is 1. The Bertz CT molecular complexity index is 397. The third-order valence-electron chi connectivity index (χ3n) is 3.30. The van der Waals surface area contributed by atoms with Crippen molar-refractivity contribution >= 4 is 11.6 Å². The summed E-state index contributed by atoms with van der Waals surface area (Å²) in [4.78, 5) is 14.3. The number of hydrogen-bond acceptors (Lipinski definition) is 4. The highest BCUT2D eigenvalue weighted by Crippen LogP contribution is 2.08. The van der Waals surface area contributed by atoms with Crippen molar-refractivity contribution in [3.8, 4) is 0 Å². The summed E-state index contributed by atoms with van der Waals surface area (Å²) in [6, 6.07) is -0.0999. The van der Waals surface area contributed by atoms with Gasteiger partial charge < -0.3 is 10.6 Å². The van der Waals surface area contributed by atoms with E-state index in [-0.39, 0.29) is 11.9 Å². The molecule has 18 heavy (non-hydrogen) atoms. The lowest BCUT2D eigenvalue weighted by Gasteiger charge is -2.31. The van der Waals surface area contributed by atoms with Crippen molar-refractivity contribution in [2.75, 3.05) is 31.5 Å². The van der Waals surface area contributed by atoms with Crippen LogP contribution in [0.5, 0.6) is 0 Å². The van der Waals surface area contributed by atoms with E-state index in [1.807, 2.05) is 20.0 Å². The number of aromatic nitrogens is 2. The second kappa shape index (κ2) is 5.97. The summed E-state index contributed by atoms with van der Waals surface area (Å²) in [6.45, 7) is 8.51. The van der Waals surface area contributed by atoms with Gasteiger partial charge in [-0.1, -0.05) is 0 Å². The Labute approximate surface area is 107 Å². The Kier molecular flexibility index (Phi) is 4.33. The number of nitrogens with one attached hydrogen (secondary N) is 2. The lowest BCUT2D eigenvalue weighted by Crippen LogP contribution is -2.51. The predicted octanol–water partition coefficient (Wildman–Crippen LogP) is 0.135. The van der Waals surface area contributed by atoms with E-state index in [0.717, 1.165) is 38.4 Å². The Morgan fingerprint density at radius 2 is 2.28 bits per heavy atom. The van der Waals surface area contributed by atoms with E-state index in [2.05, 4.69) is 20.6 Å². The molecular weight excluding hydrogens is 230 g/mol. The van der Waals surface area contributed by atoms with Crippen LogP contribution < -0.4 is 10.6 Å². The average molecular weight is 251 g/mol. The number of carbonyl (C=O) groups excluding carboxylic acids is 1. The molecule has 1 aromatic rings. The van der Waals surface area contributed by atoms with Crippen LogP contribution >= 0.6 is 0 Å². The summed E-state index contributed by atoms with van der Waals surface area (Å²) in [5.41, 5.74) is 0.767. The molecule has 0 saturated carbocycles. The second-order valence-electron chi connectivity index (χ2n) is 4.54. The van der Waals surface area contributed by atoms with Gasteiger partial charge in [-0.05, 0) is 13.8 Å². The Morgan fingerprint density at radius 1 is 1.56 bits per heavy atom. The molecule has 2 rings (SSSR count). The fraction of sp³-hybridized carbons (Fsp3) is 0.667. The molecule has 1 amide bonds. The smallest absolute Gasteiger partial charge is 0.241 e. The summed E-state index contributed by atoms with van der Waals surface area (Å²) >= 11 is 0. The van der Waals surface area contributed by atoms with Gasteiger partial charge in [0.15, 0.2) is 0 Å². The number of nitrogens with zero attached hydrogens (tertiary/aromatic N) is 3. The van der Waals surface area contributed by atoms with E-state index in [1.165, 1.54) is 0 Å². The summed E-state index contributed by atoms with van der Waals surface area (Å²) < 4.78 is 1.80. The van der Waals surface area contributed by atoms with Crippen molar-refractivity contribution in [3.05, 3.63) is 12.4 Å². The normalized spacial score (nSPS) is 18.6. The lowest BCUT2D eigenvalue weighted by molar-refractivity contribution is -0.120. The Hall–Kier alpha value is -1.40. The van der Waals surface area contributed by atoms with Crippen molar-refractivity contribution in [2.45, 2.75) is 26.4 Å². The highest BCUT2D eigenvalue weighted by molar-refractivity contribution is 5.94. The van der Waals surface area contributed by atoms with E-state index in [4.69, 9.17) is 0 Å². The number of carbonyl (C=O) groups is 1. The fourth-order valence-corrected chi connectivity index (χ4v) is 2.08. The van der Waals surface area contributed by atoms with Crippen molar-refractivity contribution in [1.82, 2.24) is 20.0 Å². The number of aryl methyl sites for hydroxylation is 1. The minimum absolute atomic E-state index is 0.0348. The maximum atomic E-state index is 12.1. The van der Waals surface area contributed by atoms with Gasteiger partial charge in [0.25, 0.3) is 0 Å². The quantitative estimate of drug-likeness (QED) is 0.799. The zero-order valence-electron chi connectivity index (χ0n) is 11.0. The molecule has 100 valence electrons. The van der Waals surface area contributed by atoms with Crippen molar-refractivity contribution in [1.29, 1.82) is 0 Å². The molecule has 2 N–H and O–H groups in total. The minimum atomic E-state index is -0.0999. The molecule has 0 radical (unpaired) electrons. The van der Waals surface area contributed by atoms with Crippen LogP contribution in [0.25, 0.3) is 0 Å². The van der Waals surface area contributed by atoms with Gasteiger partial charge in [0.2, 0.25) is 5.91 Å². The minimum Gasteiger partial charge on any atom is -0.322 e. The first-order valence-electron chi connectivity index (χ1n) is 6.48. The van der Waals surface area contributed by atoms with Crippen molar-refractivity contribution in [3.63, 3.8) is 0 Å². The highest BCUT2D eigenvalue weighted by atomic mass is 16.2. The molecule has 0 aromatic carbocycles. The Morgan fingerprint density at radius 3 is 2.89 bits per heavy atom. The summed E-state index contributed by atoms with van der Waals surface area (Å²) in [6.07, 6.45) is 3.54. The second-order valence-corrected chi connectivity index (χ2v) is 4.54. The molecule has 0 bridgehead atoms. The molecule has 0 aliphatic carbocycles. The maximum Gasteiger partial charge on any atom is 0.241 e. The maximum absolute atomic E-state index is 12.1. The predicted molar refractivity (Wildman–Crippen MR) is 70.4 cm³/mol. The van der Waals surface area contributed by atoms with Gasteiger partial charge in [-0.25, -0.2) is 0 Å². The third kappa shape index (κ3) is 3.08. The Balaban J connectivity index is 1.90. The molecule has 1 unspecified atom stereocenters. The van der Waals surface area contributed by atoms with Gasteiger partial charge >= 0.3 is 0 Å². The molecule has 6 heteroatoms. The van der Waals surface area contributed by atoms with Gasteiger partial charge in [-0.2, -0.15) is 5.10 Å². The number of amides is 1. The first-order valence-corrected chi connectivity index (χ1v) is 6.48. The standard InChI is InChI=1S/C12H21N5O/c1-3-17-9-11(8-14-17)15-12(18)10(2)16-6-4-13-5-7-16/h8-10,13H,3-7H2,1-2H3,(H,15,18). The zero-order valence-corrected chi connectivity index (χ0v) is 11.0. The van der Waals surface area contributed by atoms with Crippen LogP contribution in [-0.4, -0.2) is 52.8 Å². The van der Waals surface area contributed by atoms with Gasteiger partial charge in [-0.3, -0.25) is 14.4 Å². The molecule has 6 nitrogen and oxygen atoms in total. The molecule has 2 heterocycles. The molecular formula is C12H21N5O. The van der Waals surface area contributed by atoms with E-state index in [1.54, 1.807) is 10.9 Å². The zero-order chi connectivity index (χ0) is 13.0. The van der Waals surface area contributed by atoms with Crippen molar-refractivity contribution < 1.29 is 4.79 Å². The fourth-order valence-electron chi connectivity index (χ4n) is 2.08. The first-order chi connectivity index (χ1) is 8.70. The molecule has 1 aliphatic heterocycles. The molecule has 1 fully saturated rings. The SMILES string of the molecule is CCn1cc(NC(=O)C(C)N2CCNCC2)cn1. The van der Waals surface area contributed by atoms with Crippen LogP contribution in [0.1, 0.15) is 13.8 Å². The van der Waals surface area contributed by atoms with Gasteiger partial charge in [0, 0.05) is 38.9 Å². The van der Waals surface area contributed by atoms with E-state index >= 15 is 0 Å². The summed E-state index contributed by atoms with van der Waals surface area (Å²) in [5, 5.41) is 10.3. The lowest BCUT2D eigenvalue weighted by atomic mass is 10.2. The summed E-state index contributed by atoms with van der Waals surface area (Å²) in [5.74, 6) is 0.0348. The van der Waals surface area contributed by atoms with Gasteiger partial charge in [-0.15, -0.1) is 0 Å². The van der Waals surface area contributed by atoms with Crippen LogP contribution in [0, 0.1) is 0 Å².